The van der Waals surface area contributed by atoms with Crippen LogP contribution < -0.4 is 16.8 Å². The van der Waals surface area contributed by atoms with Gasteiger partial charge in [0.05, 0.1) is 16.5 Å². The van der Waals surface area contributed by atoms with Gasteiger partial charge in [0.15, 0.2) is 5.16 Å². The van der Waals surface area contributed by atoms with E-state index in [0.717, 1.165) is 23.9 Å². The molecule has 11 heteroatoms. The van der Waals surface area contributed by atoms with Crippen molar-refractivity contribution in [1.82, 2.24) is 9.97 Å². The number of benzene rings is 1. The molecule has 0 saturated carbocycles. The molecule has 6 nitrogen and oxygen atoms in total. The fourth-order valence-corrected chi connectivity index (χ4v) is 2.79. The Morgan fingerprint density at radius 3 is 2.40 bits per heavy atom. The summed E-state index contributed by atoms with van der Waals surface area (Å²) in [5.41, 5.74) is 9.65. The second-order valence-electron chi connectivity index (χ2n) is 4.94. The van der Waals surface area contributed by atoms with Crippen LogP contribution in [0.5, 0.6) is 0 Å². The number of nitrogen functional groups attached to an aromatic ring is 2. The largest absolute Gasteiger partial charge is 0.418 e. The van der Waals surface area contributed by atoms with Gasteiger partial charge in [0, 0.05) is 11.1 Å². The molecule has 0 fully saturated rings. The van der Waals surface area contributed by atoms with Gasteiger partial charge < -0.3 is 16.8 Å². The van der Waals surface area contributed by atoms with Crippen LogP contribution in [-0.2, 0) is 11.0 Å². The number of rotatable bonds is 4. The summed E-state index contributed by atoms with van der Waals surface area (Å²) in [5.74, 6) is -0.415. The van der Waals surface area contributed by atoms with Crippen molar-refractivity contribution in [1.29, 1.82) is 0 Å². The quantitative estimate of drug-likeness (QED) is 0.544. The minimum atomic E-state index is -4.66. The Balaban J connectivity index is 2.16. The highest BCUT2D eigenvalue weighted by atomic mass is 35.5. The third-order valence-corrected chi connectivity index (χ3v) is 4.14. The number of carbonyl (C=O) groups excluding carboxylic acids is 1. The van der Waals surface area contributed by atoms with Crippen LogP contribution in [-0.4, -0.2) is 21.1 Å². The zero-order valence-electron chi connectivity index (χ0n) is 12.8. The van der Waals surface area contributed by atoms with Gasteiger partial charge in [-0.3, -0.25) is 4.79 Å². The average molecular weight is 392 g/mol. The molecule has 0 spiro atoms. The maximum absolute atomic E-state index is 13.1. The predicted molar refractivity (Wildman–Crippen MR) is 91.3 cm³/mol. The number of hydrogen-bond acceptors (Lipinski definition) is 6. The lowest BCUT2D eigenvalue weighted by Gasteiger charge is -2.16. The van der Waals surface area contributed by atoms with E-state index in [-0.39, 0.29) is 27.5 Å². The van der Waals surface area contributed by atoms with E-state index in [1.165, 1.54) is 19.1 Å². The minimum Gasteiger partial charge on any atom is -0.383 e. The van der Waals surface area contributed by atoms with Crippen molar-refractivity contribution >= 4 is 46.6 Å². The lowest BCUT2D eigenvalue weighted by molar-refractivity contribution is -0.137. The highest BCUT2D eigenvalue weighted by Gasteiger charge is 2.34. The number of carbonyl (C=O) groups is 1. The number of nitrogens with one attached hydrogen (secondary N) is 1. The molecule has 1 aromatic carbocycles. The van der Waals surface area contributed by atoms with Gasteiger partial charge in [0.25, 0.3) is 0 Å². The summed E-state index contributed by atoms with van der Waals surface area (Å²) in [4.78, 5) is 20.0. The van der Waals surface area contributed by atoms with Gasteiger partial charge in [-0.15, -0.1) is 0 Å². The molecule has 0 aliphatic heterocycles. The van der Waals surface area contributed by atoms with Crippen molar-refractivity contribution < 1.29 is 18.0 Å². The molecule has 0 aliphatic carbocycles. The Bertz CT molecular complexity index is 782. The molecule has 1 amide bonds. The third-order valence-electron chi connectivity index (χ3n) is 2.94. The summed E-state index contributed by atoms with van der Waals surface area (Å²) in [6.45, 7) is 1.49. The van der Waals surface area contributed by atoms with Crippen molar-refractivity contribution in [3.63, 3.8) is 0 Å². The number of nitrogens with two attached hydrogens (primary N) is 2. The fourth-order valence-electron chi connectivity index (χ4n) is 1.82. The van der Waals surface area contributed by atoms with Crippen molar-refractivity contribution in [3.05, 3.63) is 34.9 Å². The van der Waals surface area contributed by atoms with E-state index in [9.17, 15) is 18.0 Å². The average Bonchev–Trinajstić information content (AvgIpc) is 2.46. The van der Waals surface area contributed by atoms with Crippen LogP contribution in [0.2, 0.25) is 5.02 Å². The molecule has 1 heterocycles. The van der Waals surface area contributed by atoms with Crippen molar-refractivity contribution in [2.75, 3.05) is 16.8 Å². The number of hydrogen-bond donors (Lipinski definition) is 3. The Labute approximate surface area is 150 Å². The molecule has 0 radical (unpaired) electrons. The summed E-state index contributed by atoms with van der Waals surface area (Å²) < 4.78 is 39.2. The SMILES string of the molecule is C[C@@H](Sc1nc(N)cc(N)n1)C(=O)Nc1ccc(Cl)cc1C(F)(F)F. The summed E-state index contributed by atoms with van der Waals surface area (Å²) in [6, 6.07) is 4.44. The molecule has 5 N–H and O–H groups in total. The van der Waals surface area contributed by atoms with Crippen LogP contribution in [0.15, 0.2) is 29.4 Å². The molecule has 0 bridgehead atoms. The van der Waals surface area contributed by atoms with E-state index >= 15 is 0 Å². The minimum absolute atomic E-state index is 0.0867. The standard InChI is InChI=1S/C14H13ClF3N5OS/c1-6(25-13-22-10(19)5-11(20)23-13)12(24)21-9-3-2-7(15)4-8(9)14(16,17)18/h2-6H,1H3,(H,21,24)(H4,19,20,22,23)/t6-/m1/s1. The Morgan fingerprint density at radius 1 is 1.24 bits per heavy atom. The number of halogens is 4. The van der Waals surface area contributed by atoms with E-state index in [0.29, 0.717) is 0 Å². The second kappa shape index (κ2) is 7.36. The number of aromatic nitrogens is 2. The highest BCUT2D eigenvalue weighted by Crippen LogP contribution is 2.36. The normalized spacial score (nSPS) is 12.7. The first kappa shape index (κ1) is 19.1. The molecular formula is C14H13ClF3N5OS. The van der Waals surface area contributed by atoms with Gasteiger partial charge >= 0.3 is 6.18 Å². The number of alkyl halides is 3. The van der Waals surface area contributed by atoms with E-state index in [1.54, 1.807) is 0 Å². The van der Waals surface area contributed by atoms with Crippen molar-refractivity contribution in [2.45, 2.75) is 23.5 Å². The summed E-state index contributed by atoms with van der Waals surface area (Å²) in [6.07, 6.45) is -4.66. The molecular weight excluding hydrogens is 379 g/mol. The predicted octanol–water partition coefficient (Wildman–Crippen LogP) is 3.43. The molecule has 0 unspecified atom stereocenters. The van der Waals surface area contributed by atoms with Crippen LogP contribution in [0.4, 0.5) is 30.5 Å². The second-order valence-corrected chi connectivity index (χ2v) is 6.68. The lowest BCUT2D eigenvalue weighted by Crippen LogP contribution is -2.24. The molecule has 2 rings (SSSR count). The van der Waals surface area contributed by atoms with Crippen molar-refractivity contribution in [3.8, 4) is 0 Å². The fraction of sp³-hybridized carbons (Fsp3) is 0.214. The van der Waals surface area contributed by atoms with Crippen molar-refractivity contribution in [2.24, 2.45) is 0 Å². The van der Waals surface area contributed by atoms with E-state index in [2.05, 4.69) is 15.3 Å². The summed E-state index contributed by atoms with van der Waals surface area (Å²) >= 11 is 6.52. The van der Waals surface area contributed by atoms with E-state index in [1.807, 2.05) is 0 Å². The van der Waals surface area contributed by atoms with Gasteiger partial charge in [-0.2, -0.15) is 13.2 Å². The number of amides is 1. The van der Waals surface area contributed by atoms with Gasteiger partial charge in [-0.05, 0) is 25.1 Å². The molecule has 0 aliphatic rings. The molecule has 25 heavy (non-hydrogen) atoms. The van der Waals surface area contributed by atoms with Crippen LogP contribution in [0.1, 0.15) is 12.5 Å². The van der Waals surface area contributed by atoms with Gasteiger partial charge in [0.1, 0.15) is 11.6 Å². The number of nitrogens with zero attached hydrogens (tertiary/aromatic N) is 2. The topological polar surface area (TPSA) is 107 Å². The van der Waals surface area contributed by atoms with Gasteiger partial charge in [-0.25, -0.2) is 9.97 Å². The first-order valence-electron chi connectivity index (χ1n) is 6.80. The van der Waals surface area contributed by atoms with Crippen LogP contribution in [0, 0.1) is 0 Å². The maximum Gasteiger partial charge on any atom is 0.418 e. The third kappa shape index (κ3) is 5.13. The van der Waals surface area contributed by atoms with E-state index < -0.39 is 22.9 Å². The van der Waals surface area contributed by atoms with E-state index in [4.69, 9.17) is 23.1 Å². The van der Waals surface area contributed by atoms with Crippen LogP contribution in [0.25, 0.3) is 0 Å². The highest BCUT2D eigenvalue weighted by molar-refractivity contribution is 8.00. The number of anilines is 3. The Morgan fingerprint density at radius 2 is 1.84 bits per heavy atom. The molecule has 2 aromatic rings. The molecule has 1 aromatic heterocycles. The maximum atomic E-state index is 13.1. The van der Waals surface area contributed by atoms with Crippen LogP contribution >= 0.6 is 23.4 Å². The summed E-state index contributed by atoms with van der Waals surface area (Å²) in [7, 11) is 0. The number of thioether (sulfide) groups is 1. The van der Waals surface area contributed by atoms with Gasteiger partial charge in [-0.1, -0.05) is 23.4 Å². The molecule has 1 atom stereocenters. The Hall–Kier alpha value is -2.20. The first-order valence-corrected chi connectivity index (χ1v) is 8.06. The first-order chi connectivity index (χ1) is 11.6. The Kier molecular flexibility index (Phi) is 5.63. The van der Waals surface area contributed by atoms with Crippen LogP contribution in [0.3, 0.4) is 0 Å². The smallest absolute Gasteiger partial charge is 0.383 e. The monoisotopic (exact) mass is 391 g/mol. The van der Waals surface area contributed by atoms with Gasteiger partial charge in [0.2, 0.25) is 5.91 Å². The molecule has 0 saturated heterocycles. The zero-order chi connectivity index (χ0) is 18.8. The lowest BCUT2D eigenvalue weighted by atomic mass is 10.1. The molecule has 134 valence electrons. The zero-order valence-corrected chi connectivity index (χ0v) is 14.3. The summed E-state index contributed by atoms with van der Waals surface area (Å²) in [5, 5.41) is 1.50.